The minimum atomic E-state index is -0.668. The fraction of sp³-hybridized carbons (Fsp3) is 0.625. The maximum absolute atomic E-state index is 12.7. The molecule has 3 rings (SSSR count). The van der Waals surface area contributed by atoms with E-state index in [-0.39, 0.29) is 24.2 Å². The van der Waals surface area contributed by atoms with Crippen LogP contribution < -0.4 is 5.73 Å². The van der Waals surface area contributed by atoms with Gasteiger partial charge in [-0.05, 0) is 24.3 Å². The van der Waals surface area contributed by atoms with E-state index in [0.29, 0.717) is 26.2 Å². The van der Waals surface area contributed by atoms with Crippen LogP contribution in [-0.4, -0.2) is 53.3 Å². The van der Waals surface area contributed by atoms with Crippen molar-refractivity contribution < 1.29 is 9.59 Å². The third-order valence-corrected chi connectivity index (χ3v) is 5.62. The molecule has 0 bridgehead atoms. The van der Waals surface area contributed by atoms with E-state index < -0.39 is 5.54 Å². The monoisotopic (exact) mass is 357 g/mol. The van der Waals surface area contributed by atoms with Gasteiger partial charge in [0.1, 0.15) is 0 Å². The summed E-state index contributed by atoms with van der Waals surface area (Å²) in [4.78, 5) is 29.4. The van der Waals surface area contributed by atoms with Crippen molar-refractivity contribution in [2.45, 2.75) is 37.6 Å². The van der Waals surface area contributed by atoms with Gasteiger partial charge in [-0.3, -0.25) is 9.59 Å². The van der Waals surface area contributed by atoms with Gasteiger partial charge in [0, 0.05) is 26.2 Å². The Kier molecular flexibility index (Phi) is 6.06. The first kappa shape index (κ1) is 18.2. The van der Waals surface area contributed by atoms with Crippen molar-refractivity contribution in [3.63, 3.8) is 0 Å². The molecule has 1 aliphatic carbocycles. The molecule has 7 heteroatoms. The highest BCUT2D eigenvalue weighted by atomic mass is 35.5. The Labute approximate surface area is 147 Å². The summed E-state index contributed by atoms with van der Waals surface area (Å²) in [5, 5.41) is 1.91. The van der Waals surface area contributed by atoms with Crippen molar-refractivity contribution in [3.8, 4) is 0 Å². The number of thiophene rings is 1. The van der Waals surface area contributed by atoms with Gasteiger partial charge in [-0.2, -0.15) is 0 Å². The van der Waals surface area contributed by atoms with Crippen LogP contribution in [0.15, 0.2) is 17.5 Å². The number of piperazine rings is 1. The van der Waals surface area contributed by atoms with Gasteiger partial charge in [0.25, 0.3) is 5.91 Å². The largest absolute Gasteiger partial charge is 0.338 e. The summed E-state index contributed by atoms with van der Waals surface area (Å²) in [7, 11) is 0. The Bertz CT molecular complexity index is 536. The summed E-state index contributed by atoms with van der Waals surface area (Å²) in [6.07, 6.45) is 4.84. The van der Waals surface area contributed by atoms with E-state index >= 15 is 0 Å². The molecule has 0 unspecified atom stereocenters. The van der Waals surface area contributed by atoms with Crippen LogP contribution in [0, 0.1) is 0 Å². The Morgan fingerprint density at radius 1 is 1.04 bits per heavy atom. The molecular formula is C16H24ClN3O2S. The van der Waals surface area contributed by atoms with E-state index in [0.717, 1.165) is 30.6 Å². The fourth-order valence-electron chi connectivity index (χ4n) is 3.38. The smallest absolute Gasteiger partial charge is 0.264 e. The van der Waals surface area contributed by atoms with Crippen LogP contribution in [-0.2, 0) is 4.79 Å². The molecule has 2 aliphatic rings. The first-order valence-corrected chi connectivity index (χ1v) is 8.89. The van der Waals surface area contributed by atoms with E-state index in [1.165, 1.54) is 17.8 Å². The Morgan fingerprint density at radius 2 is 1.65 bits per heavy atom. The predicted molar refractivity (Wildman–Crippen MR) is 94.1 cm³/mol. The molecule has 1 aliphatic heterocycles. The van der Waals surface area contributed by atoms with Gasteiger partial charge in [0.15, 0.2) is 0 Å². The third-order valence-electron chi connectivity index (χ3n) is 4.76. The lowest BCUT2D eigenvalue weighted by Gasteiger charge is -2.41. The number of halogens is 1. The van der Waals surface area contributed by atoms with Crippen LogP contribution in [0.5, 0.6) is 0 Å². The minimum absolute atomic E-state index is 0. The van der Waals surface area contributed by atoms with Crippen molar-refractivity contribution in [1.82, 2.24) is 9.80 Å². The van der Waals surface area contributed by atoms with E-state index in [2.05, 4.69) is 0 Å². The lowest BCUT2D eigenvalue weighted by molar-refractivity contribution is -0.139. The summed E-state index contributed by atoms with van der Waals surface area (Å²) in [6.45, 7) is 2.38. The highest BCUT2D eigenvalue weighted by molar-refractivity contribution is 7.12. The molecule has 1 aromatic rings. The van der Waals surface area contributed by atoms with Crippen molar-refractivity contribution in [2.75, 3.05) is 26.2 Å². The zero-order valence-corrected chi connectivity index (χ0v) is 14.8. The fourth-order valence-corrected chi connectivity index (χ4v) is 4.07. The summed E-state index contributed by atoms with van der Waals surface area (Å²) in [5.74, 6) is 0.151. The van der Waals surface area contributed by atoms with Crippen molar-refractivity contribution in [3.05, 3.63) is 22.4 Å². The summed E-state index contributed by atoms with van der Waals surface area (Å²) in [6, 6.07) is 3.74. The Balaban J connectivity index is 0.00000192. The minimum Gasteiger partial charge on any atom is -0.338 e. The lowest BCUT2D eigenvalue weighted by Crippen LogP contribution is -2.60. The number of nitrogens with zero attached hydrogens (tertiary/aromatic N) is 2. The molecule has 0 spiro atoms. The number of hydrogen-bond donors (Lipinski definition) is 1. The van der Waals surface area contributed by atoms with Crippen LogP contribution in [0.3, 0.4) is 0 Å². The number of carbonyl (C=O) groups is 2. The van der Waals surface area contributed by atoms with Crippen LogP contribution >= 0.6 is 23.7 Å². The molecule has 23 heavy (non-hydrogen) atoms. The predicted octanol–water partition coefficient (Wildman–Crippen LogP) is 2.12. The van der Waals surface area contributed by atoms with Crippen LogP contribution in [0.1, 0.15) is 41.8 Å². The van der Waals surface area contributed by atoms with Gasteiger partial charge < -0.3 is 15.5 Å². The summed E-state index contributed by atoms with van der Waals surface area (Å²) < 4.78 is 0. The second kappa shape index (κ2) is 7.64. The first-order valence-electron chi connectivity index (χ1n) is 8.01. The number of amides is 2. The Hall–Kier alpha value is -1.11. The maximum Gasteiger partial charge on any atom is 0.264 e. The zero-order valence-electron chi connectivity index (χ0n) is 13.2. The molecule has 2 amide bonds. The lowest BCUT2D eigenvalue weighted by atomic mass is 9.81. The molecule has 2 N–H and O–H groups in total. The summed E-state index contributed by atoms with van der Waals surface area (Å²) >= 11 is 1.46. The highest BCUT2D eigenvalue weighted by Gasteiger charge is 2.39. The van der Waals surface area contributed by atoms with E-state index in [1.54, 1.807) is 0 Å². The molecule has 1 saturated heterocycles. The maximum atomic E-state index is 12.7. The molecule has 5 nitrogen and oxygen atoms in total. The van der Waals surface area contributed by atoms with Crippen molar-refractivity contribution >= 4 is 35.6 Å². The first-order chi connectivity index (χ1) is 10.6. The standard InChI is InChI=1S/C16H23N3O2S.ClH/c17-16(6-2-1-3-7-16)15(21)19-10-8-18(9-11-19)14(20)13-5-4-12-22-13;/h4-5,12H,1-3,6-11,17H2;1H. The van der Waals surface area contributed by atoms with Gasteiger partial charge in [-0.15, -0.1) is 23.7 Å². The third kappa shape index (κ3) is 3.87. The quantitative estimate of drug-likeness (QED) is 0.881. The van der Waals surface area contributed by atoms with Crippen molar-refractivity contribution in [1.29, 1.82) is 0 Å². The second-order valence-electron chi connectivity index (χ2n) is 6.28. The van der Waals surface area contributed by atoms with Crippen LogP contribution in [0.4, 0.5) is 0 Å². The van der Waals surface area contributed by atoms with Gasteiger partial charge in [0.2, 0.25) is 5.91 Å². The topological polar surface area (TPSA) is 66.6 Å². The molecular weight excluding hydrogens is 334 g/mol. The molecule has 1 aromatic heterocycles. The SMILES string of the molecule is Cl.NC1(C(=O)N2CCN(C(=O)c3cccs3)CC2)CCCCC1. The molecule has 2 fully saturated rings. The molecule has 128 valence electrons. The number of rotatable bonds is 2. The second-order valence-corrected chi connectivity index (χ2v) is 7.23. The van der Waals surface area contributed by atoms with E-state index in [9.17, 15) is 9.59 Å². The average Bonchev–Trinajstić information content (AvgIpc) is 3.09. The Morgan fingerprint density at radius 3 is 2.22 bits per heavy atom. The number of hydrogen-bond acceptors (Lipinski definition) is 4. The van der Waals surface area contributed by atoms with Crippen LogP contribution in [0.2, 0.25) is 0 Å². The molecule has 2 heterocycles. The van der Waals surface area contributed by atoms with Gasteiger partial charge >= 0.3 is 0 Å². The van der Waals surface area contributed by atoms with Crippen LogP contribution in [0.25, 0.3) is 0 Å². The molecule has 0 radical (unpaired) electrons. The van der Waals surface area contributed by atoms with Gasteiger partial charge in [0.05, 0.1) is 10.4 Å². The molecule has 0 aromatic carbocycles. The highest BCUT2D eigenvalue weighted by Crippen LogP contribution is 2.28. The number of nitrogens with two attached hydrogens (primary N) is 1. The average molecular weight is 358 g/mol. The van der Waals surface area contributed by atoms with Crippen molar-refractivity contribution in [2.24, 2.45) is 5.73 Å². The normalized spacial score (nSPS) is 20.7. The van der Waals surface area contributed by atoms with E-state index in [4.69, 9.17) is 5.73 Å². The summed E-state index contributed by atoms with van der Waals surface area (Å²) in [5.41, 5.74) is 5.67. The molecule has 0 atom stereocenters. The van der Waals surface area contributed by atoms with E-state index in [1.807, 2.05) is 27.3 Å². The van der Waals surface area contributed by atoms with Gasteiger partial charge in [-0.1, -0.05) is 25.3 Å². The molecule has 1 saturated carbocycles. The number of carbonyl (C=O) groups excluding carboxylic acids is 2. The zero-order chi connectivity index (χ0) is 15.6. The van der Waals surface area contributed by atoms with Gasteiger partial charge in [-0.25, -0.2) is 0 Å².